The van der Waals surface area contributed by atoms with E-state index in [4.69, 9.17) is 14.2 Å². The molecule has 1 saturated heterocycles. The zero-order valence-electron chi connectivity index (χ0n) is 10.4. The Morgan fingerprint density at radius 3 is 2.67 bits per heavy atom. The summed E-state index contributed by atoms with van der Waals surface area (Å²) in [5.41, 5.74) is 1.35. The van der Waals surface area contributed by atoms with Crippen LogP contribution in [-0.2, 0) is 19.0 Å². The summed E-state index contributed by atoms with van der Waals surface area (Å²) in [6.07, 6.45) is 8.57. The highest BCUT2D eigenvalue weighted by Crippen LogP contribution is 2.32. The van der Waals surface area contributed by atoms with Gasteiger partial charge in [0.25, 0.3) is 0 Å². The van der Waals surface area contributed by atoms with Gasteiger partial charge in [-0.05, 0) is 37.3 Å². The highest BCUT2D eigenvalue weighted by Gasteiger charge is 2.35. The summed E-state index contributed by atoms with van der Waals surface area (Å²) in [7, 11) is 0. The third-order valence-corrected chi connectivity index (χ3v) is 3.67. The van der Waals surface area contributed by atoms with Crippen LogP contribution < -0.4 is 0 Å². The molecule has 0 spiro atoms. The smallest absolute Gasteiger partial charge is 0.331 e. The van der Waals surface area contributed by atoms with Gasteiger partial charge >= 0.3 is 5.97 Å². The van der Waals surface area contributed by atoms with Crippen molar-refractivity contribution in [3.05, 3.63) is 23.5 Å². The van der Waals surface area contributed by atoms with Gasteiger partial charge in [-0.2, -0.15) is 0 Å². The molecule has 3 rings (SSSR count). The molecule has 0 aromatic carbocycles. The molecule has 2 atom stereocenters. The number of allylic oxidation sites excluding steroid dienone is 1. The van der Waals surface area contributed by atoms with Gasteiger partial charge in [0, 0.05) is 6.08 Å². The third-order valence-electron chi connectivity index (χ3n) is 3.67. The molecule has 2 heterocycles. The Morgan fingerprint density at radius 1 is 1.11 bits per heavy atom. The quantitative estimate of drug-likeness (QED) is 0.668. The van der Waals surface area contributed by atoms with Gasteiger partial charge in [-0.3, -0.25) is 0 Å². The average molecular weight is 250 g/mol. The van der Waals surface area contributed by atoms with E-state index in [9.17, 15) is 4.79 Å². The molecule has 4 nitrogen and oxygen atoms in total. The van der Waals surface area contributed by atoms with Crippen LogP contribution in [0.15, 0.2) is 23.5 Å². The van der Waals surface area contributed by atoms with E-state index in [0.717, 1.165) is 18.6 Å². The third kappa shape index (κ3) is 2.29. The molecule has 2 unspecified atom stereocenters. The Kier molecular flexibility index (Phi) is 3.37. The summed E-state index contributed by atoms with van der Waals surface area (Å²) in [4.78, 5) is 11.2. The standard InChI is InChI=1S/C14H18O4/c15-12-7-6-11(18-12)14-13(16-8-9-17-14)10-4-2-1-3-5-10/h6-7,11,14H,1-5,8-9H2. The topological polar surface area (TPSA) is 44.8 Å². The van der Waals surface area contributed by atoms with E-state index < -0.39 is 0 Å². The largest absolute Gasteiger partial charge is 0.493 e. The molecule has 0 amide bonds. The van der Waals surface area contributed by atoms with Crippen molar-refractivity contribution in [3.63, 3.8) is 0 Å². The highest BCUT2D eigenvalue weighted by atomic mass is 16.6. The number of rotatable bonds is 1. The maximum absolute atomic E-state index is 11.2. The molecule has 4 heteroatoms. The lowest BCUT2D eigenvalue weighted by Crippen LogP contribution is -2.37. The number of hydrogen-bond donors (Lipinski definition) is 0. The predicted octanol–water partition coefficient (Wildman–Crippen LogP) is 2.10. The van der Waals surface area contributed by atoms with Crippen molar-refractivity contribution in [2.45, 2.75) is 44.3 Å². The monoisotopic (exact) mass is 250 g/mol. The van der Waals surface area contributed by atoms with Crippen LogP contribution in [0.3, 0.4) is 0 Å². The molecule has 0 bridgehead atoms. The lowest BCUT2D eigenvalue weighted by molar-refractivity contribution is -0.148. The van der Waals surface area contributed by atoms with Crippen LogP contribution in [0.5, 0.6) is 0 Å². The van der Waals surface area contributed by atoms with E-state index in [1.165, 1.54) is 30.9 Å². The lowest BCUT2D eigenvalue weighted by Gasteiger charge is -2.32. The molecule has 1 aliphatic carbocycles. The number of carbonyl (C=O) groups excluding carboxylic acids is 1. The van der Waals surface area contributed by atoms with Crippen LogP contribution in [0.2, 0.25) is 0 Å². The minimum Gasteiger partial charge on any atom is -0.493 e. The molecular weight excluding hydrogens is 232 g/mol. The first-order valence-electron chi connectivity index (χ1n) is 6.70. The lowest BCUT2D eigenvalue weighted by atomic mass is 9.91. The fourth-order valence-electron chi connectivity index (χ4n) is 2.81. The molecule has 2 aliphatic heterocycles. The van der Waals surface area contributed by atoms with Gasteiger partial charge in [-0.1, -0.05) is 6.42 Å². The van der Waals surface area contributed by atoms with Gasteiger partial charge in [0.2, 0.25) is 0 Å². The first kappa shape index (κ1) is 11.8. The number of hydrogen-bond acceptors (Lipinski definition) is 4. The normalized spacial score (nSPS) is 32.3. The van der Waals surface area contributed by atoms with Crippen molar-refractivity contribution in [2.75, 3.05) is 13.2 Å². The number of esters is 1. The molecule has 0 N–H and O–H groups in total. The van der Waals surface area contributed by atoms with Crippen molar-refractivity contribution in [1.29, 1.82) is 0 Å². The summed E-state index contributed by atoms with van der Waals surface area (Å²) in [5, 5.41) is 0. The Hall–Kier alpha value is -1.29. The Balaban J connectivity index is 1.81. The second-order valence-corrected chi connectivity index (χ2v) is 4.93. The van der Waals surface area contributed by atoms with Gasteiger partial charge in [-0.15, -0.1) is 0 Å². The van der Waals surface area contributed by atoms with Gasteiger partial charge < -0.3 is 14.2 Å². The van der Waals surface area contributed by atoms with Crippen molar-refractivity contribution in [3.8, 4) is 0 Å². The minimum atomic E-state index is -0.317. The Bertz CT molecular complexity index is 389. The van der Waals surface area contributed by atoms with Crippen molar-refractivity contribution in [1.82, 2.24) is 0 Å². The summed E-state index contributed by atoms with van der Waals surface area (Å²) in [5.74, 6) is 0.632. The zero-order valence-corrected chi connectivity index (χ0v) is 10.4. The minimum absolute atomic E-state index is 0.241. The molecule has 0 aromatic heterocycles. The maximum atomic E-state index is 11.2. The molecule has 1 saturated carbocycles. The summed E-state index contributed by atoms with van der Waals surface area (Å²) in [6.45, 7) is 1.16. The fourth-order valence-corrected chi connectivity index (χ4v) is 2.81. The van der Waals surface area contributed by atoms with E-state index in [2.05, 4.69) is 0 Å². The first-order valence-corrected chi connectivity index (χ1v) is 6.70. The van der Waals surface area contributed by atoms with Crippen molar-refractivity contribution >= 4 is 5.97 Å². The van der Waals surface area contributed by atoms with Gasteiger partial charge in [0.1, 0.15) is 12.4 Å². The van der Waals surface area contributed by atoms with Gasteiger partial charge in [0.05, 0.1) is 6.61 Å². The van der Waals surface area contributed by atoms with Crippen molar-refractivity contribution in [2.24, 2.45) is 0 Å². The van der Waals surface area contributed by atoms with Gasteiger partial charge in [-0.25, -0.2) is 4.79 Å². The number of cyclic esters (lactones) is 1. The second-order valence-electron chi connectivity index (χ2n) is 4.93. The molecule has 98 valence electrons. The number of ether oxygens (including phenoxy) is 3. The average Bonchev–Trinajstić information content (AvgIpc) is 2.86. The molecule has 0 radical (unpaired) electrons. The zero-order chi connectivity index (χ0) is 12.4. The van der Waals surface area contributed by atoms with Crippen LogP contribution in [-0.4, -0.2) is 31.4 Å². The predicted molar refractivity (Wildman–Crippen MR) is 64.8 cm³/mol. The Labute approximate surface area is 107 Å². The first-order chi connectivity index (χ1) is 8.84. The molecule has 3 aliphatic rings. The van der Waals surface area contributed by atoms with Crippen LogP contribution in [0, 0.1) is 0 Å². The van der Waals surface area contributed by atoms with E-state index in [1.807, 2.05) is 0 Å². The van der Waals surface area contributed by atoms with E-state index in [0.29, 0.717) is 13.2 Å². The van der Waals surface area contributed by atoms with Crippen LogP contribution in [0.1, 0.15) is 32.1 Å². The summed E-state index contributed by atoms with van der Waals surface area (Å²) >= 11 is 0. The molecule has 18 heavy (non-hydrogen) atoms. The molecular formula is C14H18O4. The summed E-state index contributed by atoms with van der Waals surface area (Å²) < 4.78 is 16.8. The van der Waals surface area contributed by atoms with E-state index in [-0.39, 0.29) is 18.2 Å². The van der Waals surface area contributed by atoms with E-state index in [1.54, 1.807) is 6.08 Å². The van der Waals surface area contributed by atoms with Crippen LogP contribution in [0.25, 0.3) is 0 Å². The van der Waals surface area contributed by atoms with Crippen LogP contribution >= 0.6 is 0 Å². The van der Waals surface area contributed by atoms with Gasteiger partial charge in [0.15, 0.2) is 12.2 Å². The van der Waals surface area contributed by atoms with E-state index >= 15 is 0 Å². The van der Waals surface area contributed by atoms with Crippen molar-refractivity contribution < 1.29 is 19.0 Å². The highest BCUT2D eigenvalue weighted by molar-refractivity contribution is 5.84. The van der Waals surface area contributed by atoms with Crippen LogP contribution in [0.4, 0.5) is 0 Å². The molecule has 2 fully saturated rings. The second kappa shape index (κ2) is 5.14. The number of carbonyl (C=O) groups is 1. The maximum Gasteiger partial charge on any atom is 0.331 e. The Morgan fingerprint density at radius 2 is 1.94 bits per heavy atom. The SMILES string of the molecule is O=C1C=CC(C2OCCOC2=C2CCCCC2)O1. The summed E-state index contributed by atoms with van der Waals surface area (Å²) in [6, 6.07) is 0. The molecule has 0 aromatic rings. The fraction of sp³-hybridized carbons (Fsp3) is 0.643.